The van der Waals surface area contributed by atoms with E-state index in [0.717, 1.165) is 59.6 Å². The van der Waals surface area contributed by atoms with Crippen LogP contribution in [0.1, 0.15) is 38.7 Å². The molecule has 0 aliphatic heterocycles. The van der Waals surface area contributed by atoms with Gasteiger partial charge in [-0.25, -0.2) is 0 Å². The first-order valence-corrected chi connectivity index (χ1v) is 8.60. The van der Waals surface area contributed by atoms with E-state index in [4.69, 9.17) is 20.9 Å². The monoisotopic (exact) mass is 328 g/mol. The summed E-state index contributed by atoms with van der Waals surface area (Å²) >= 11 is 0. The predicted molar refractivity (Wildman–Crippen MR) is 102 cm³/mol. The molecule has 24 heavy (non-hydrogen) atoms. The standard InChI is InChI=1S/C20H28N2O2/c1-4-6-7-17-18(22)11-10-16(20(17)24-12-5-2)15-9-8-14(21)13-19(15)23-3/h8-11,13H,4-7,12,21-22H2,1-3H3. The van der Waals surface area contributed by atoms with Gasteiger partial charge in [-0.2, -0.15) is 0 Å². The van der Waals surface area contributed by atoms with Crippen LogP contribution in [0.4, 0.5) is 11.4 Å². The van der Waals surface area contributed by atoms with Gasteiger partial charge in [-0.05, 0) is 43.5 Å². The van der Waals surface area contributed by atoms with Gasteiger partial charge in [0.2, 0.25) is 0 Å². The Balaban J connectivity index is 2.60. The maximum absolute atomic E-state index is 6.24. The van der Waals surface area contributed by atoms with Gasteiger partial charge in [-0.15, -0.1) is 0 Å². The van der Waals surface area contributed by atoms with E-state index in [9.17, 15) is 0 Å². The highest BCUT2D eigenvalue weighted by molar-refractivity contribution is 5.81. The number of methoxy groups -OCH3 is 1. The van der Waals surface area contributed by atoms with Crippen LogP contribution in [-0.2, 0) is 6.42 Å². The highest BCUT2D eigenvalue weighted by Crippen LogP contribution is 2.41. The number of anilines is 2. The molecule has 0 aliphatic carbocycles. The minimum Gasteiger partial charge on any atom is -0.496 e. The summed E-state index contributed by atoms with van der Waals surface area (Å²) in [5.74, 6) is 1.61. The van der Waals surface area contributed by atoms with Crippen LogP contribution < -0.4 is 20.9 Å². The molecule has 0 heterocycles. The minimum atomic E-state index is 0.660. The van der Waals surface area contributed by atoms with Crippen molar-refractivity contribution in [2.24, 2.45) is 0 Å². The third-order valence-corrected chi connectivity index (χ3v) is 4.04. The lowest BCUT2D eigenvalue weighted by atomic mass is 9.96. The zero-order chi connectivity index (χ0) is 17.5. The van der Waals surface area contributed by atoms with Gasteiger partial charge in [0.05, 0.1) is 13.7 Å². The molecular weight excluding hydrogens is 300 g/mol. The first-order chi connectivity index (χ1) is 11.6. The molecule has 130 valence electrons. The molecular formula is C20H28N2O2. The maximum atomic E-state index is 6.24. The van der Waals surface area contributed by atoms with E-state index < -0.39 is 0 Å². The van der Waals surface area contributed by atoms with Crippen LogP contribution in [0.25, 0.3) is 11.1 Å². The largest absolute Gasteiger partial charge is 0.496 e. The lowest BCUT2D eigenvalue weighted by Crippen LogP contribution is -2.05. The number of nitrogens with two attached hydrogens (primary N) is 2. The number of hydrogen-bond donors (Lipinski definition) is 2. The predicted octanol–water partition coefficient (Wildman–Crippen LogP) is 4.66. The molecule has 0 fully saturated rings. The Hall–Kier alpha value is -2.36. The summed E-state index contributed by atoms with van der Waals surface area (Å²) in [7, 11) is 1.65. The van der Waals surface area contributed by atoms with Crippen molar-refractivity contribution in [1.82, 2.24) is 0 Å². The number of nitrogen functional groups attached to an aromatic ring is 2. The molecule has 2 aromatic carbocycles. The minimum absolute atomic E-state index is 0.660. The van der Waals surface area contributed by atoms with Gasteiger partial charge in [0.15, 0.2) is 0 Å². The molecule has 0 bridgehead atoms. The van der Waals surface area contributed by atoms with E-state index in [1.54, 1.807) is 7.11 Å². The SMILES string of the molecule is CCCCc1c(N)ccc(-c2ccc(N)cc2OC)c1OCCC. The van der Waals surface area contributed by atoms with E-state index in [0.29, 0.717) is 12.3 Å². The quantitative estimate of drug-likeness (QED) is 0.692. The molecule has 4 N–H and O–H groups in total. The maximum Gasteiger partial charge on any atom is 0.132 e. The van der Waals surface area contributed by atoms with Gasteiger partial charge >= 0.3 is 0 Å². The third-order valence-electron chi connectivity index (χ3n) is 4.04. The summed E-state index contributed by atoms with van der Waals surface area (Å²) in [6, 6.07) is 9.64. The first kappa shape index (κ1) is 18.0. The second-order valence-electron chi connectivity index (χ2n) is 5.92. The topological polar surface area (TPSA) is 70.5 Å². The van der Waals surface area contributed by atoms with Gasteiger partial charge in [-0.1, -0.05) is 20.3 Å². The van der Waals surface area contributed by atoms with Crippen LogP contribution in [0.2, 0.25) is 0 Å². The smallest absolute Gasteiger partial charge is 0.132 e. The summed E-state index contributed by atoms with van der Waals surface area (Å²) < 4.78 is 11.6. The van der Waals surface area contributed by atoms with Crippen LogP contribution in [-0.4, -0.2) is 13.7 Å². The van der Waals surface area contributed by atoms with Crippen molar-refractivity contribution in [3.63, 3.8) is 0 Å². The fourth-order valence-corrected chi connectivity index (χ4v) is 2.77. The van der Waals surface area contributed by atoms with Crippen molar-refractivity contribution in [2.75, 3.05) is 25.2 Å². The summed E-state index contributed by atoms with van der Waals surface area (Å²) in [6.45, 7) is 4.93. The van der Waals surface area contributed by atoms with Crippen molar-refractivity contribution in [1.29, 1.82) is 0 Å². The van der Waals surface area contributed by atoms with Crippen LogP contribution >= 0.6 is 0 Å². The highest BCUT2D eigenvalue weighted by atomic mass is 16.5. The molecule has 0 atom stereocenters. The molecule has 0 aliphatic rings. The summed E-state index contributed by atoms with van der Waals surface area (Å²) in [6.07, 6.45) is 4.05. The van der Waals surface area contributed by atoms with E-state index in [1.165, 1.54) is 0 Å². The number of unbranched alkanes of at least 4 members (excludes halogenated alkanes) is 1. The van der Waals surface area contributed by atoms with Crippen molar-refractivity contribution in [3.05, 3.63) is 35.9 Å². The van der Waals surface area contributed by atoms with E-state index in [-0.39, 0.29) is 0 Å². The molecule has 0 saturated heterocycles. The Kier molecular flexibility index (Phi) is 6.36. The fourth-order valence-electron chi connectivity index (χ4n) is 2.77. The summed E-state index contributed by atoms with van der Waals surface area (Å²) in [5, 5.41) is 0. The highest BCUT2D eigenvalue weighted by Gasteiger charge is 2.17. The average Bonchev–Trinajstić information content (AvgIpc) is 2.59. The van der Waals surface area contributed by atoms with Crippen LogP contribution in [0.5, 0.6) is 11.5 Å². The number of rotatable bonds is 8. The van der Waals surface area contributed by atoms with Crippen molar-refractivity contribution in [3.8, 4) is 22.6 Å². The van der Waals surface area contributed by atoms with Gasteiger partial charge in [0, 0.05) is 34.1 Å². The molecule has 0 amide bonds. The Morgan fingerprint density at radius 3 is 2.38 bits per heavy atom. The molecule has 0 saturated carbocycles. The van der Waals surface area contributed by atoms with E-state index >= 15 is 0 Å². The lowest BCUT2D eigenvalue weighted by Gasteiger charge is -2.19. The molecule has 0 aromatic heterocycles. The van der Waals surface area contributed by atoms with E-state index in [1.807, 2.05) is 30.3 Å². The molecule has 0 radical (unpaired) electrons. The van der Waals surface area contributed by atoms with Crippen molar-refractivity contribution < 1.29 is 9.47 Å². The Morgan fingerprint density at radius 1 is 0.958 bits per heavy atom. The normalized spacial score (nSPS) is 10.6. The van der Waals surface area contributed by atoms with Gasteiger partial charge in [0.25, 0.3) is 0 Å². The second-order valence-corrected chi connectivity index (χ2v) is 5.92. The zero-order valence-electron chi connectivity index (χ0n) is 14.9. The summed E-state index contributed by atoms with van der Waals surface area (Å²) in [4.78, 5) is 0. The number of benzene rings is 2. The van der Waals surface area contributed by atoms with Crippen LogP contribution in [0, 0.1) is 0 Å². The van der Waals surface area contributed by atoms with Gasteiger partial charge in [-0.3, -0.25) is 0 Å². The Morgan fingerprint density at radius 2 is 1.71 bits per heavy atom. The fraction of sp³-hybridized carbons (Fsp3) is 0.400. The molecule has 0 spiro atoms. The molecule has 2 aromatic rings. The van der Waals surface area contributed by atoms with Gasteiger partial charge < -0.3 is 20.9 Å². The molecule has 0 unspecified atom stereocenters. The van der Waals surface area contributed by atoms with Crippen molar-refractivity contribution in [2.45, 2.75) is 39.5 Å². The zero-order valence-corrected chi connectivity index (χ0v) is 14.9. The average molecular weight is 328 g/mol. The van der Waals surface area contributed by atoms with Crippen LogP contribution in [0.15, 0.2) is 30.3 Å². The van der Waals surface area contributed by atoms with Gasteiger partial charge in [0.1, 0.15) is 11.5 Å². The summed E-state index contributed by atoms with van der Waals surface area (Å²) in [5.41, 5.74) is 16.6. The lowest BCUT2D eigenvalue weighted by molar-refractivity contribution is 0.315. The number of ether oxygens (including phenoxy) is 2. The van der Waals surface area contributed by atoms with E-state index in [2.05, 4.69) is 13.8 Å². The first-order valence-electron chi connectivity index (χ1n) is 8.60. The number of hydrogen-bond acceptors (Lipinski definition) is 4. The third kappa shape index (κ3) is 3.94. The molecule has 4 heteroatoms. The molecule has 4 nitrogen and oxygen atoms in total. The second kappa shape index (κ2) is 8.48. The molecule has 2 rings (SSSR count). The Labute approximate surface area is 144 Å². The van der Waals surface area contributed by atoms with Crippen molar-refractivity contribution >= 4 is 11.4 Å². The Bertz CT molecular complexity index is 684. The van der Waals surface area contributed by atoms with Crippen LogP contribution in [0.3, 0.4) is 0 Å².